The third-order valence-electron chi connectivity index (χ3n) is 1.35. The van der Waals surface area contributed by atoms with E-state index in [1.165, 1.54) is 34.7 Å². The zero-order valence-electron chi connectivity index (χ0n) is 8.20. The molecule has 0 aliphatic heterocycles. The molecular formula is C8H14O5. The molecule has 0 heterocycles. The van der Waals surface area contributed by atoms with E-state index in [9.17, 15) is 4.79 Å². The van der Waals surface area contributed by atoms with Gasteiger partial charge in [-0.3, -0.25) is 0 Å². The van der Waals surface area contributed by atoms with E-state index in [0.29, 0.717) is 0 Å². The van der Waals surface area contributed by atoms with E-state index in [2.05, 4.69) is 9.47 Å². The Morgan fingerprint density at radius 2 is 1.69 bits per heavy atom. The fraction of sp³-hybridized carbons (Fsp3) is 0.625. The van der Waals surface area contributed by atoms with Crippen LogP contribution < -0.4 is 0 Å². The van der Waals surface area contributed by atoms with Crippen molar-refractivity contribution in [2.45, 2.75) is 6.29 Å². The highest BCUT2D eigenvalue weighted by Gasteiger charge is 2.21. The van der Waals surface area contributed by atoms with Gasteiger partial charge < -0.3 is 18.9 Å². The van der Waals surface area contributed by atoms with Crippen LogP contribution in [-0.2, 0) is 23.7 Å². The smallest absolute Gasteiger partial charge is 0.342 e. The largest absolute Gasteiger partial charge is 0.504 e. The van der Waals surface area contributed by atoms with Gasteiger partial charge in [-0.1, -0.05) is 0 Å². The van der Waals surface area contributed by atoms with E-state index in [1.807, 2.05) is 0 Å². The van der Waals surface area contributed by atoms with Crippen LogP contribution in [0.4, 0.5) is 0 Å². The van der Waals surface area contributed by atoms with Crippen LogP contribution in [0.2, 0.25) is 0 Å². The van der Waals surface area contributed by atoms with Gasteiger partial charge in [0.1, 0.15) is 5.57 Å². The summed E-state index contributed by atoms with van der Waals surface area (Å²) in [4.78, 5) is 11.1. The molecule has 0 bridgehead atoms. The third kappa shape index (κ3) is 3.43. The van der Waals surface area contributed by atoms with E-state index in [1.54, 1.807) is 0 Å². The van der Waals surface area contributed by atoms with Crippen molar-refractivity contribution in [3.63, 3.8) is 0 Å². The molecule has 0 aromatic carbocycles. The van der Waals surface area contributed by atoms with Crippen molar-refractivity contribution in [2.75, 3.05) is 28.4 Å². The Morgan fingerprint density at radius 1 is 1.15 bits per heavy atom. The lowest BCUT2D eigenvalue weighted by Crippen LogP contribution is -2.23. The van der Waals surface area contributed by atoms with E-state index < -0.39 is 12.3 Å². The van der Waals surface area contributed by atoms with Gasteiger partial charge in [0.15, 0.2) is 6.29 Å². The third-order valence-corrected chi connectivity index (χ3v) is 1.35. The molecule has 5 heteroatoms. The summed E-state index contributed by atoms with van der Waals surface area (Å²) in [6, 6.07) is 0. The van der Waals surface area contributed by atoms with Crippen molar-refractivity contribution in [2.24, 2.45) is 0 Å². The first-order chi connectivity index (χ1) is 6.21. The minimum atomic E-state index is -0.771. The maximum atomic E-state index is 11.1. The summed E-state index contributed by atoms with van der Waals surface area (Å²) in [7, 11) is 5.53. The quantitative estimate of drug-likeness (QED) is 0.270. The predicted octanol–water partition coefficient (Wildman–Crippen LogP) is 0.309. The first-order valence-electron chi connectivity index (χ1n) is 3.58. The highest BCUT2D eigenvalue weighted by Crippen LogP contribution is 2.08. The monoisotopic (exact) mass is 190 g/mol. The summed E-state index contributed by atoms with van der Waals surface area (Å²) in [6.07, 6.45) is 0.455. The maximum absolute atomic E-state index is 11.1. The van der Waals surface area contributed by atoms with Gasteiger partial charge in [0.05, 0.1) is 20.5 Å². The first kappa shape index (κ1) is 11.9. The summed E-state index contributed by atoms with van der Waals surface area (Å²) in [5, 5.41) is 0. The molecule has 0 spiro atoms. The Labute approximate surface area is 77.2 Å². The van der Waals surface area contributed by atoms with Crippen LogP contribution in [0.3, 0.4) is 0 Å². The Balaban J connectivity index is 4.58. The number of esters is 1. The molecule has 13 heavy (non-hydrogen) atoms. The second-order valence-electron chi connectivity index (χ2n) is 2.10. The number of carbonyl (C=O) groups excluding carboxylic acids is 1. The highest BCUT2D eigenvalue weighted by molar-refractivity contribution is 5.88. The molecule has 0 amide bonds. The number of rotatable bonds is 5. The van der Waals surface area contributed by atoms with Crippen molar-refractivity contribution in [3.8, 4) is 0 Å². The molecule has 0 saturated carbocycles. The lowest BCUT2D eigenvalue weighted by atomic mass is 10.3. The lowest BCUT2D eigenvalue weighted by molar-refractivity contribution is -0.143. The molecule has 0 N–H and O–H groups in total. The van der Waals surface area contributed by atoms with Gasteiger partial charge in [0, 0.05) is 14.2 Å². The van der Waals surface area contributed by atoms with E-state index in [0.717, 1.165) is 0 Å². The zero-order valence-corrected chi connectivity index (χ0v) is 8.20. The van der Waals surface area contributed by atoms with Crippen molar-refractivity contribution in [1.29, 1.82) is 0 Å². The zero-order chi connectivity index (χ0) is 10.3. The van der Waals surface area contributed by atoms with Crippen LogP contribution in [0, 0.1) is 0 Å². The fourth-order valence-corrected chi connectivity index (χ4v) is 0.795. The maximum Gasteiger partial charge on any atom is 0.342 e. The van der Waals surface area contributed by atoms with E-state index in [-0.39, 0.29) is 5.57 Å². The number of carbonyl (C=O) groups is 1. The minimum Gasteiger partial charge on any atom is -0.504 e. The van der Waals surface area contributed by atoms with Gasteiger partial charge in [0.25, 0.3) is 0 Å². The van der Waals surface area contributed by atoms with E-state index in [4.69, 9.17) is 9.47 Å². The topological polar surface area (TPSA) is 54.0 Å². The molecule has 0 aliphatic rings. The predicted molar refractivity (Wildman–Crippen MR) is 44.9 cm³/mol. The number of methoxy groups -OCH3 is 4. The Hall–Kier alpha value is -1.07. The average molecular weight is 190 g/mol. The SMILES string of the molecule is COC=C(C(=O)OC)C(OC)OC. The van der Waals surface area contributed by atoms with Crippen molar-refractivity contribution in [1.82, 2.24) is 0 Å². The number of ether oxygens (including phenoxy) is 4. The van der Waals surface area contributed by atoms with Gasteiger partial charge in [-0.05, 0) is 0 Å². The Kier molecular flexibility index (Phi) is 5.92. The molecule has 0 aromatic rings. The van der Waals surface area contributed by atoms with Gasteiger partial charge in [-0.15, -0.1) is 0 Å². The second-order valence-corrected chi connectivity index (χ2v) is 2.10. The van der Waals surface area contributed by atoms with Crippen LogP contribution in [0.5, 0.6) is 0 Å². The molecule has 0 saturated heterocycles. The summed E-state index contributed by atoms with van der Waals surface area (Å²) in [5.41, 5.74) is 0.176. The van der Waals surface area contributed by atoms with E-state index >= 15 is 0 Å². The van der Waals surface area contributed by atoms with Crippen molar-refractivity contribution >= 4 is 5.97 Å². The fourth-order valence-electron chi connectivity index (χ4n) is 0.795. The van der Waals surface area contributed by atoms with Crippen LogP contribution in [0.25, 0.3) is 0 Å². The van der Waals surface area contributed by atoms with Crippen LogP contribution >= 0.6 is 0 Å². The highest BCUT2D eigenvalue weighted by atomic mass is 16.7. The van der Waals surface area contributed by atoms with Crippen molar-refractivity contribution in [3.05, 3.63) is 11.8 Å². The lowest BCUT2D eigenvalue weighted by Gasteiger charge is -2.14. The summed E-state index contributed by atoms with van der Waals surface area (Å²) in [6.45, 7) is 0. The number of hydrogen-bond donors (Lipinski definition) is 0. The minimum absolute atomic E-state index is 0.176. The molecule has 0 atom stereocenters. The van der Waals surface area contributed by atoms with Gasteiger partial charge in [-0.25, -0.2) is 4.79 Å². The normalized spacial score (nSPS) is 11.6. The van der Waals surface area contributed by atoms with Crippen molar-refractivity contribution < 1.29 is 23.7 Å². The molecule has 76 valence electrons. The number of hydrogen-bond acceptors (Lipinski definition) is 5. The standard InChI is InChI=1S/C8H14O5/c1-10-5-6(7(9)11-2)8(12-3)13-4/h5,8H,1-4H3. The van der Waals surface area contributed by atoms with Crippen LogP contribution in [0.1, 0.15) is 0 Å². The summed E-state index contributed by atoms with van der Waals surface area (Å²) < 4.78 is 18.9. The van der Waals surface area contributed by atoms with Gasteiger partial charge >= 0.3 is 5.97 Å². The van der Waals surface area contributed by atoms with Gasteiger partial charge in [-0.2, -0.15) is 0 Å². The molecule has 5 nitrogen and oxygen atoms in total. The summed E-state index contributed by atoms with van der Waals surface area (Å²) >= 11 is 0. The molecule has 0 radical (unpaired) electrons. The molecular weight excluding hydrogens is 176 g/mol. The second kappa shape index (κ2) is 6.45. The first-order valence-corrected chi connectivity index (χ1v) is 3.58. The van der Waals surface area contributed by atoms with Crippen LogP contribution in [0.15, 0.2) is 11.8 Å². The molecule has 0 aromatic heterocycles. The Morgan fingerprint density at radius 3 is 2.00 bits per heavy atom. The van der Waals surface area contributed by atoms with Gasteiger partial charge in [0.2, 0.25) is 0 Å². The molecule has 0 fully saturated rings. The average Bonchev–Trinajstić information content (AvgIpc) is 2.17. The molecule has 0 rings (SSSR count). The molecule has 0 unspecified atom stereocenters. The summed E-state index contributed by atoms with van der Waals surface area (Å²) in [5.74, 6) is -0.546. The van der Waals surface area contributed by atoms with Crippen LogP contribution in [-0.4, -0.2) is 40.7 Å². The molecule has 0 aliphatic carbocycles. The Bertz CT molecular complexity index is 183.